The van der Waals surface area contributed by atoms with E-state index in [0.29, 0.717) is 5.69 Å². The molecule has 1 aromatic carbocycles. The van der Waals surface area contributed by atoms with Gasteiger partial charge in [0.2, 0.25) is 0 Å². The minimum Gasteiger partial charge on any atom is -0.398 e. The molecule has 72 valence electrons. The van der Waals surface area contributed by atoms with Crippen LogP contribution in [0.4, 0.5) is 5.69 Å². The Balaban J connectivity index is 3.09. The molecule has 0 unspecified atom stereocenters. The van der Waals surface area contributed by atoms with Crippen LogP contribution in [0.15, 0.2) is 12.1 Å². The summed E-state index contributed by atoms with van der Waals surface area (Å²) in [6.45, 7) is 3.95. The predicted molar refractivity (Wildman–Crippen MR) is 57.9 cm³/mol. The number of nitrogens with two attached hydrogens (primary N) is 1. The highest BCUT2D eigenvalue weighted by Crippen LogP contribution is 2.17. The van der Waals surface area contributed by atoms with Gasteiger partial charge >= 0.3 is 0 Å². The van der Waals surface area contributed by atoms with Crippen molar-refractivity contribution in [2.45, 2.75) is 20.3 Å². The number of rotatable bonds is 1. The zero-order valence-electron chi connectivity index (χ0n) is 8.42. The van der Waals surface area contributed by atoms with Gasteiger partial charge in [-0.15, -0.1) is 0 Å². The summed E-state index contributed by atoms with van der Waals surface area (Å²) in [6.07, 6.45) is 1.04. The molecule has 2 N–H and O–H groups in total. The maximum absolute atomic E-state index is 10.1. The third-order valence-corrected chi connectivity index (χ3v) is 1.94. The number of carbonyl (C=O) groups is 1. The van der Waals surface area contributed by atoms with E-state index >= 15 is 0 Å². The molecule has 0 aliphatic heterocycles. The molecule has 14 heavy (non-hydrogen) atoms. The van der Waals surface area contributed by atoms with Crippen molar-refractivity contribution in [2.24, 2.45) is 0 Å². The van der Waals surface area contributed by atoms with E-state index in [4.69, 9.17) is 5.73 Å². The fourth-order valence-electron chi connectivity index (χ4n) is 1.27. The topological polar surface area (TPSA) is 43.1 Å². The van der Waals surface area contributed by atoms with Crippen molar-refractivity contribution in [1.29, 1.82) is 0 Å². The summed E-state index contributed by atoms with van der Waals surface area (Å²) in [6, 6.07) is 3.94. The van der Waals surface area contributed by atoms with Crippen molar-refractivity contribution in [3.8, 4) is 11.8 Å². The number of hydrogen-bond donors (Lipinski definition) is 1. The monoisotopic (exact) mass is 187 g/mol. The molecule has 0 bridgehead atoms. The molecule has 0 heterocycles. The van der Waals surface area contributed by atoms with Gasteiger partial charge in [-0.3, -0.25) is 0 Å². The number of carbonyl (C=O) groups excluding carboxylic acids is 1. The number of hydrogen-bond acceptors (Lipinski definition) is 2. The molecule has 0 atom stereocenters. The number of benzene rings is 1. The van der Waals surface area contributed by atoms with E-state index in [-0.39, 0.29) is 6.42 Å². The molecule has 0 aliphatic rings. The maximum atomic E-state index is 10.1. The molecule has 2 heteroatoms. The zero-order chi connectivity index (χ0) is 10.6. The van der Waals surface area contributed by atoms with Crippen LogP contribution in [0.3, 0.4) is 0 Å². The molecule has 0 radical (unpaired) electrons. The van der Waals surface area contributed by atoms with E-state index in [1.807, 2.05) is 26.0 Å². The standard InChI is InChI=1S/C12H13NO/c1-9-7-10(2)12(13)11(8-9)5-3-4-6-14/h6-8H,4,13H2,1-2H3. The van der Waals surface area contributed by atoms with Crippen molar-refractivity contribution in [2.75, 3.05) is 5.73 Å². The Hall–Kier alpha value is -1.75. The Morgan fingerprint density at radius 3 is 2.79 bits per heavy atom. The van der Waals surface area contributed by atoms with Gasteiger partial charge < -0.3 is 10.5 Å². The van der Waals surface area contributed by atoms with Crippen molar-refractivity contribution in [1.82, 2.24) is 0 Å². The van der Waals surface area contributed by atoms with Gasteiger partial charge in [-0.05, 0) is 31.0 Å². The number of aryl methyl sites for hydroxylation is 2. The summed E-state index contributed by atoms with van der Waals surface area (Å²) in [4.78, 5) is 10.1. The molecular weight excluding hydrogens is 174 g/mol. The fourth-order valence-corrected chi connectivity index (χ4v) is 1.27. The second-order valence-electron chi connectivity index (χ2n) is 3.22. The van der Waals surface area contributed by atoms with Gasteiger partial charge in [0.25, 0.3) is 0 Å². The fraction of sp³-hybridized carbons (Fsp3) is 0.250. The Morgan fingerprint density at radius 1 is 1.43 bits per heavy atom. The number of aldehydes is 1. The molecule has 0 aliphatic carbocycles. The average molecular weight is 187 g/mol. The van der Waals surface area contributed by atoms with E-state index < -0.39 is 0 Å². The Kier molecular flexibility index (Phi) is 3.30. The zero-order valence-corrected chi connectivity index (χ0v) is 8.42. The van der Waals surface area contributed by atoms with Crippen LogP contribution in [0.1, 0.15) is 23.1 Å². The van der Waals surface area contributed by atoms with Crippen LogP contribution < -0.4 is 5.73 Å². The molecule has 0 saturated heterocycles. The lowest BCUT2D eigenvalue weighted by atomic mass is 10.0. The van der Waals surface area contributed by atoms with E-state index in [1.165, 1.54) is 0 Å². The molecule has 1 aromatic rings. The summed E-state index contributed by atoms with van der Waals surface area (Å²) in [5.41, 5.74) is 9.51. The molecule has 2 nitrogen and oxygen atoms in total. The lowest BCUT2D eigenvalue weighted by Gasteiger charge is -2.04. The van der Waals surface area contributed by atoms with E-state index in [0.717, 1.165) is 23.0 Å². The van der Waals surface area contributed by atoms with Crippen LogP contribution in [0, 0.1) is 25.7 Å². The van der Waals surface area contributed by atoms with Gasteiger partial charge in [-0.2, -0.15) is 0 Å². The normalized spacial score (nSPS) is 9.00. The van der Waals surface area contributed by atoms with E-state index in [2.05, 4.69) is 11.8 Å². The second kappa shape index (κ2) is 4.48. The summed E-state index contributed by atoms with van der Waals surface area (Å²) >= 11 is 0. The van der Waals surface area contributed by atoms with Crippen molar-refractivity contribution in [3.63, 3.8) is 0 Å². The van der Waals surface area contributed by atoms with Crippen LogP contribution >= 0.6 is 0 Å². The lowest BCUT2D eigenvalue weighted by Crippen LogP contribution is -1.95. The first kappa shape index (κ1) is 10.3. The highest BCUT2D eigenvalue weighted by atomic mass is 16.1. The Labute approximate surface area is 84.1 Å². The number of anilines is 1. The van der Waals surface area contributed by atoms with Gasteiger partial charge in [0.05, 0.1) is 12.1 Å². The van der Waals surface area contributed by atoms with Crippen molar-refractivity contribution >= 4 is 12.0 Å². The minimum absolute atomic E-state index is 0.256. The summed E-state index contributed by atoms with van der Waals surface area (Å²) in [5, 5.41) is 0. The molecular formula is C12H13NO. The third kappa shape index (κ3) is 2.37. The second-order valence-corrected chi connectivity index (χ2v) is 3.22. The van der Waals surface area contributed by atoms with Gasteiger partial charge in [0.1, 0.15) is 6.29 Å². The van der Waals surface area contributed by atoms with Gasteiger partial charge in [0.15, 0.2) is 0 Å². The van der Waals surface area contributed by atoms with Gasteiger partial charge in [-0.25, -0.2) is 0 Å². The maximum Gasteiger partial charge on any atom is 0.131 e. The number of nitrogen functional groups attached to an aromatic ring is 1. The average Bonchev–Trinajstić information content (AvgIpc) is 2.13. The van der Waals surface area contributed by atoms with Gasteiger partial charge in [0, 0.05) is 5.56 Å². The smallest absolute Gasteiger partial charge is 0.131 e. The molecule has 0 saturated carbocycles. The minimum atomic E-state index is 0.256. The van der Waals surface area contributed by atoms with Crippen molar-refractivity contribution in [3.05, 3.63) is 28.8 Å². The molecule has 0 fully saturated rings. The first-order chi connectivity index (χ1) is 6.65. The first-order valence-electron chi connectivity index (χ1n) is 4.44. The summed E-state index contributed by atoms with van der Waals surface area (Å²) in [7, 11) is 0. The van der Waals surface area contributed by atoms with Crippen LogP contribution in [0.2, 0.25) is 0 Å². The molecule has 1 rings (SSSR count). The van der Waals surface area contributed by atoms with Crippen LogP contribution in [0.25, 0.3) is 0 Å². The SMILES string of the molecule is Cc1cc(C)c(N)c(C#CCC=O)c1. The van der Waals surface area contributed by atoms with Crippen molar-refractivity contribution < 1.29 is 4.79 Å². The van der Waals surface area contributed by atoms with Crippen LogP contribution in [-0.2, 0) is 4.79 Å². The predicted octanol–water partition coefficient (Wildman–Crippen LogP) is 1.83. The third-order valence-electron chi connectivity index (χ3n) is 1.94. The van der Waals surface area contributed by atoms with Crippen LogP contribution in [-0.4, -0.2) is 6.29 Å². The Bertz CT molecular complexity index is 410. The Morgan fingerprint density at radius 2 is 2.14 bits per heavy atom. The van der Waals surface area contributed by atoms with Gasteiger partial charge in [-0.1, -0.05) is 17.9 Å². The molecule has 0 aromatic heterocycles. The molecule has 0 amide bonds. The van der Waals surface area contributed by atoms with E-state index in [9.17, 15) is 4.79 Å². The largest absolute Gasteiger partial charge is 0.398 e. The lowest BCUT2D eigenvalue weighted by molar-refractivity contribution is -0.107. The van der Waals surface area contributed by atoms with Crippen LogP contribution in [0.5, 0.6) is 0 Å². The summed E-state index contributed by atoms with van der Waals surface area (Å²) in [5.74, 6) is 5.64. The highest BCUT2D eigenvalue weighted by Gasteiger charge is 1.99. The molecule has 0 spiro atoms. The quantitative estimate of drug-likeness (QED) is 0.414. The highest BCUT2D eigenvalue weighted by molar-refractivity contribution is 5.63. The first-order valence-corrected chi connectivity index (χ1v) is 4.44. The summed E-state index contributed by atoms with van der Waals surface area (Å²) < 4.78 is 0. The van der Waals surface area contributed by atoms with E-state index in [1.54, 1.807) is 0 Å².